The van der Waals surface area contributed by atoms with Crippen LogP contribution in [0.25, 0.3) is 0 Å². The first-order valence-electron chi connectivity index (χ1n) is 14.2. The topological polar surface area (TPSA) is 160 Å². The first-order valence-corrected chi connectivity index (χ1v) is 14.2. The molecule has 0 aromatic carbocycles. The van der Waals surface area contributed by atoms with Crippen molar-refractivity contribution in [3.63, 3.8) is 0 Å². The number of hydrogen-bond donors (Lipinski definition) is 4. The zero-order valence-corrected chi connectivity index (χ0v) is 23.4. The summed E-state index contributed by atoms with van der Waals surface area (Å²) in [4.78, 5) is 40.5. The summed E-state index contributed by atoms with van der Waals surface area (Å²) in [5, 5.41) is 46.9. The predicted octanol–water partition coefficient (Wildman–Crippen LogP) is 1.35. The number of aliphatic hydroxyl groups is 4. The van der Waals surface area contributed by atoms with Gasteiger partial charge in [-0.3, -0.25) is 14.4 Å². The van der Waals surface area contributed by atoms with Gasteiger partial charge >= 0.3 is 11.9 Å². The van der Waals surface area contributed by atoms with E-state index in [0.717, 1.165) is 19.3 Å². The van der Waals surface area contributed by atoms with E-state index in [1.807, 2.05) is 0 Å². The molecule has 2 bridgehead atoms. The Bertz CT molecular complexity index is 1090. The fourth-order valence-corrected chi connectivity index (χ4v) is 8.46. The van der Waals surface area contributed by atoms with Gasteiger partial charge in [-0.05, 0) is 37.8 Å². The van der Waals surface area contributed by atoms with Crippen LogP contribution in [-0.2, 0) is 28.6 Å². The van der Waals surface area contributed by atoms with E-state index in [1.165, 1.54) is 13.8 Å². The second-order valence-electron chi connectivity index (χ2n) is 13.2. The van der Waals surface area contributed by atoms with E-state index in [-0.39, 0.29) is 25.0 Å². The van der Waals surface area contributed by atoms with Gasteiger partial charge in [0.1, 0.15) is 23.9 Å². The summed E-state index contributed by atoms with van der Waals surface area (Å²) >= 11 is 0. The molecule has 1 saturated heterocycles. The lowest BCUT2D eigenvalue weighted by molar-refractivity contribution is -0.347. The molecular formula is C29H42O10. The zero-order chi connectivity index (χ0) is 28.7. The summed E-state index contributed by atoms with van der Waals surface area (Å²) in [6.45, 7) is 7.50. The second kappa shape index (κ2) is 9.34. The van der Waals surface area contributed by atoms with Gasteiger partial charge in [0.15, 0.2) is 11.4 Å². The molecule has 10 nitrogen and oxygen atoms in total. The van der Waals surface area contributed by atoms with Gasteiger partial charge in [-0.25, -0.2) is 0 Å². The lowest BCUT2D eigenvalue weighted by Crippen LogP contribution is -2.81. The van der Waals surface area contributed by atoms with Crippen LogP contribution in [0.1, 0.15) is 79.6 Å². The van der Waals surface area contributed by atoms with Gasteiger partial charge in [0.25, 0.3) is 0 Å². The van der Waals surface area contributed by atoms with Gasteiger partial charge in [-0.15, -0.1) is 0 Å². The minimum absolute atomic E-state index is 0.0511. The molecule has 0 aromatic rings. The Morgan fingerprint density at radius 1 is 1.05 bits per heavy atom. The molecular weight excluding hydrogens is 508 g/mol. The van der Waals surface area contributed by atoms with E-state index >= 15 is 0 Å². The fourth-order valence-electron chi connectivity index (χ4n) is 8.46. The Morgan fingerprint density at radius 3 is 2.26 bits per heavy atom. The lowest BCUT2D eigenvalue weighted by Gasteiger charge is -2.67. The van der Waals surface area contributed by atoms with Gasteiger partial charge in [0.05, 0.1) is 36.1 Å². The maximum absolute atomic E-state index is 14.3. The molecule has 4 N–H and O–H groups in total. The standard InChI is InChI=1S/C29H42O10/c1-14-17(31)12-29(36)24(38-25(35)16-9-7-6-8-10-16)22-27(5,23(34)21(33)20(14)26(29,3)4)18(32)11-19-28(22,13-37-19)39-15(2)30/h16-19,21-22,24,31-33,36H,6-13H2,1-5H3/t17-,18-,19+,21+,22-,24-,27+,28-,29+/m0/s1. The molecule has 0 spiro atoms. The SMILES string of the molecule is CC(=O)O[C@@]12CO[C@@H]1C[C@H](O)[C@@]1(C)C(=O)[C@H](O)C3=C(C)[C@@H](O)C[C@@](O)([C@@H](OC(=O)C4CCCCC4)[C@H]21)C3(C)C. The zero-order valence-electron chi connectivity index (χ0n) is 23.4. The Balaban J connectivity index is 1.77. The summed E-state index contributed by atoms with van der Waals surface area (Å²) in [6, 6.07) is 0. The molecule has 218 valence electrons. The monoisotopic (exact) mass is 550 g/mol. The summed E-state index contributed by atoms with van der Waals surface area (Å²) in [5.41, 5.74) is -6.13. The normalized spacial score (nSPS) is 45.7. The number of ether oxygens (including phenoxy) is 3. The molecule has 10 heteroatoms. The summed E-state index contributed by atoms with van der Waals surface area (Å²) in [5.74, 6) is -3.59. The molecule has 5 rings (SSSR count). The van der Waals surface area contributed by atoms with Crippen molar-refractivity contribution in [3.05, 3.63) is 11.1 Å². The Hall–Kier alpha value is -1.85. The number of rotatable bonds is 3. The third kappa shape index (κ3) is 3.81. The van der Waals surface area contributed by atoms with Crippen LogP contribution >= 0.6 is 0 Å². The van der Waals surface area contributed by atoms with Crippen molar-refractivity contribution in [1.82, 2.24) is 0 Å². The van der Waals surface area contributed by atoms with Crippen molar-refractivity contribution in [2.24, 2.45) is 22.7 Å². The molecule has 0 aromatic heterocycles. The fraction of sp³-hybridized carbons (Fsp3) is 0.828. The maximum Gasteiger partial charge on any atom is 0.309 e. The van der Waals surface area contributed by atoms with Crippen molar-refractivity contribution >= 4 is 17.7 Å². The number of aliphatic hydroxyl groups excluding tert-OH is 3. The van der Waals surface area contributed by atoms with Gasteiger partial charge in [0.2, 0.25) is 0 Å². The smallest absolute Gasteiger partial charge is 0.309 e. The van der Waals surface area contributed by atoms with E-state index in [2.05, 4.69) is 0 Å². The highest BCUT2D eigenvalue weighted by atomic mass is 16.6. The Labute approximate surface area is 228 Å². The average Bonchev–Trinajstić information content (AvgIpc) is 2.87. The predicted molar refractivity (Wildman–Crippen MR) is 136 cm³/mol. The molecule has 0 amide bonds. The molecule has 3 saturated carbocycles. The van der Waals surface area contributed by atoms with Gasteiger partial charge < -0.3 is 34.6 Å². The number of esters is 2. The third-order valence-electron chi connectivity index (χ3n) is 10.9. The minimum atomic E-state index is -2.00. The van der Waals surface area contributed by atoms with Crippen molar-refractivity contribution in [1.29, 1.82) is 0 Å². The van der Waals surface area contributed by atoms with Crippen LogP contribution in [0.3, 0.4) is 0 Å². The van der Waals surface area contributed by atoms with Crippen molar-refractivity contribution in [2.45, 2.75) is 121 Å². The molecule has 9 atom stereocenters. The molecule has 39 heavy (non-hydrogen) atoms. The largest absolute Gasteiger partial charge is 0.459 e. The van der Waals surface area contributed by atoms with Crippen molar-refractivity contribution in [3.8, 4) is 0 Å². The van der Waals surface area contributed by atoms with Crippen LogP contribution in [0.4, 0.5) is 0 Å². The van der Waals surface area contributed by atoms with Crippen molar-refractivity contribution < 1.29 is 49.0 Å². The number of fused-ring (bicyclic) bond motifs is 5. The molecule has 5 aliphatic rings. The summed E-state index contributed by atoms with van der Waals surface area (Å²) in [7, 11) is 0. The highest BCUT2D eigenvalue weighted by molar-refractivity contribution is 5.93. The lowest BCUT2D eigenvalue weighted by atomic mass is 9.44. The highest BCUT2D eigenvalue weighted by Gasteiger charge is 2.77. The number of Topliss-reactive ketones (excluding diaryl/α,β-unsaturated/α-hetero) is 1. The van der Waals surface area contributed by atoms with Crippen LogP contribution in [0.2, 0.25) is 0 Å². The van der Waals surface area contributed by atoms with Crippen LogP contribution < -0.4 is 0 Å². The van der Waals surface area contributed by atoms with Crippen LogP contribution in [-0.4, -0.2) is 86.5 Å². The number of hydrogen-bond acceptors (Lipinski definition) is 10. The minimum Gasteiger partial charge on any atom is -0.459 e. The molecule has 4 aliphatic carbocycles. The van der Waals surface area contributed by atoms with Gasteiger partial charge in [-0.1, -0.05) is 33.1 Å². The first-order chi connectivity index (χ1) is 18.1. The van der Waals surface area contributed by atoms with Crippen LogP contribution in [0, 0.1) is 22.7 Å². The quantitative estimate of drug-likeness (QED) is 0.298. The third-order valence-corrected chi connectivity index (χ3v) is 10.9. The van der Waals surface area contributed by atoms with Gasteiger partial charge in [-0.2, -0.15) is 0 Å². The maximum atomic E-state index is 14.3. The number of ketones is 1. The van der Waals surface area contributed by atoms with E-state index in [4.69, 9.17) is 14.2 Å². The summed E-state index contributed by atoms with van der Waals surface area (Å²) in [6.07, 6.45) is -2.93. The van der Waals surface area contributed by atoms with E-state index in [1.54, 1.807) is 20.8 Å². The Kier molecular flexibility index (Phi) is 6.87. The number of carbonyl (C=O) groups excluding carboxylic acids is 3. The van der Waals surface area contributed by atoms with Crippen molar-refractivity contribution in [2.75, 3.05) is 6.61 Å². The van der Waals surface area contributed by atoms with E-state index in [0.29, 0.717) is 18.4 Å². The first kappa shape index (κ1) is 28.7. The molecule has 1 aliphatic heterocycles. The van der Waals surface area contributed by atoms with Crippen LogP contribution in [0.5, 0.6) is 0 Å². The molecule has 1 heterocycles. The molecule has 0 radical (unpaired) electrons. The molecule has 4 fully saturated rings. The van der Waals surface area contributed by atoms with Gasteiger partial charge in [0, 0.05) is 25.2 Å². The average molecular weight is 551 g/mol. The van der Waals surface area contributed by atoms with E-state index < -0.39 is 82.1 Å². The highest BCUT2D eigenvalue weighted by Crippen LogP contribution is 2.64. The summed E-state index contributed by atoms with van der Waals surface area (Å²) < 4.78 is 17.9. The van der Waals surface area contributed by atoms with Crippen LogP contribution in [0.15, 0.2) is 11.1 Å². The second-order valence-corrected chi connectivity index (χ2v) is 13.2. The van der Waals surface area contributed by atoms with E-state index in [9.17, 15) is 34.8 Å². The Morgan fingerprint density at radius 2 is 1.69 bits per heavy atom. The number of carbonyl (C=O) groups is 3. The molecule has 0 unspecified atom stereocenters.